The number of aromatic amines is 1. The molecule has 25 heavy (non-hydrogen) atoms. The smallest absolute Gasteiger partial charge is 0.282 e. The number of alkyl halides is 8. The highest BCUT2D eigenvalue weighted by Crippen LogP contribution is 2.67. The summed E-state index contributed by atoms with van der Waals surface area (Å²) in [5, 5.41) is 8.89. The number of aryl methyl sites for hydroxylation is 2. The van der Waals surface area contributed by atoms with Crippen LogP contribution in [0.5, 0.6) is 0 Å². The van der Waals surface area contributed by atoms with Gasteiger partial charge < -0.3 is 0 Å². The summed E-state index contributed by atoms with van der Waals surface area (Å²) in [6, 6.07) is 0.729. The molecule has 0 bridgehead atoms. The van der Waals surface area contributed by atoms with Gasteiger partial charge in [-0.15, -0.1) is 0 Å². The molecule has 0 aromatic carbocycles. The van der Waals surface area contributed by atoms with Crippen molar-refractivity contribution in [3.63, 3.8) is 0 Å². The summed E-state index contributed by atoms with van der Waals surface area (Å²) in [4.78, 5) is 0. The van der Waals surface area contributed by atoms with E-state index in [0.29, 0.717) is 0 Å². The Bertz CT molecular complexity index is 835. The van der Waals surface area contributed by atoms with Crippen molar-refractivity contribution < 1.29 is 26.3 Å². The molecular weight excluding hydrogens is 397 g/mol. The van der Waals surface area contributed by atoms with Gasteiger partial charge in [0.25, 0.3) is 0 Å². The average molecular weight is 407 g/mol. The molecule has 138 valence electrons. The van der Waals surface area contributed by atoms with Gasteiger partial charge in [-0.3, -0.25) is 9.78 Å². The Balaban J connectivity index is 2.26. The summed E-state index contributed by atoms with van der Waals surface area (Å²) in [7, 11) is 0. The Morgan fingerprint density at radius 3 is 2.08 bits per heavy atom. The van der Waals surface area contributed by atoms with Crippen molar-refractivity contribution in [2.24, 2.45) is 0 Å². The minimum atomic E-state index is -4.84. The van der Waals surface area contributed by atoms with Crippen molar-refractivity contribution in [1.29, 1.82) is 0 Å². The molecule has 0 spiro atoms. The number of nitrogens with one attached hydrogen (secondary N) is 1. The van der Waals surface area contributed by atoms with Crippen LogP contribution in [0.15, 0.2) is 6.07 Å². The normalized spacial score (nSPS) is 23.1. The predicted molar refractivity (Wildman–Crippen MR) is 76.4 cm³/mol. The zero-order valence-corrected chi connectivity index (χ0v) is 14.2. The number of hydrogen-bond donors (Lipinski definition) is 1. The Kier molecular flexibility index (Phi) is 3.72. The number of H-pyrrole nitrogens is 1. The fourth-order valence-electron chi connectivity index (χ4n) is 3.02. The molecule has 12 heteroatoms. The van der Waals surface area contributed by atoms with Crippen molar-refractivity contribution >= 4 is 23.2 Å². The van der Waals surface area contributed by atoms with Crippen LogP contribution in [-0.2, 0) is 17.9 Å². The number of nitrogens with zero attached hydrogens (tertiary/aromatic N) is 3. The number of hydrogen-bond acceptors (Lipinski definition) is 2. The van der Waals surface area contributed by atoms with E-state index >= 15 is 0 Å². The van der Waals surface area contributed by atoms with Gasteiger partial charge in [-0.2, -0.15) is 36.5 Å². The Labute approximate surface area is 147 Å². The molecule has 0 aliphatic heterocycles. The number of aromatic nitrogens is 4. The highest BCUT2D eigenvalue weighted by atomic mass is 35.5. The zero-order valence-electron chi connectivity index (χ0n) is 12.6. The van der Waals surface area contributed by atoms with Gasteiger partial charge in [-0.1, -0.05) is 23.2 Å². The standard InChI is InChI=1S/C13H10Cl2F6N4/c1-5-3-7(12(16,17)18)24-25(5)10(4-11(10,14)15)8-6(2)22-23-9(8)13(19,20)21/h3H,4H2,1-2H3,(H,22,23). The monoisotopic (exact) mass is 406 g/mol. The van der Waals surface area contributed by atoms with Crippen molar-refractivity contribution in [2.45, 2.75) is 42.5 Å². The molecule has 0 amide bonds. The SMILES string of the molecule is Cc1[nH]nc(C(F)(F)F)c1C1(n2nc(C(F)(F)F)cc2C)CC1(Cl)Cl. The first kappa shape index (κ1) is 18.4. The van der Waals surface area contributed by atoms with Crippen molar-refractivity contribution in [2.75, 3.05) is 0 Å². The molecule has 1 aliphatic rings. The van der Waals surface area contributed by atoms with Gasteiger partial charge in [0.05, 0.1) is 0 Å². The fraction of sp³-hybridized carbons (Fsp3) is 0.538. The molecule has 4 nitrogen and oxygen atoms in total. The van der Waals surface area contributed by atoms with Gasteiger partial charge in [-0.05, 0) is 19.9 Å². The van der Waals surface area contributed by atoms with Crippen LogP contribution < -0.4 is 0 Å². The summed E-state index contributed by atoms with van der Waals surface area (Å²) < 4.78 is 77.8. The van der Waals surface area contributed by atoms with E-state index in [1.165, 1.54) is 13.8 Å². The van der Waals surface area contributed by atoms with Crippen LogP contribution >= 0.6 is 23.2 Å². The van der Waals surface area contributed by atoms with Gasteiger partial charge in [0.1, 0.15) is 9.87 Å². The molecule has 1 saturated carbocycles. The van der Waals surface area contributed by atoms with Crippen LogP contribution in [0.25, 0.3) is 0 Å². The van der Waals surface area contributed by atoms with E-state index < -0.39 is 39.2 Å². The Morgan fingerprint density at radius 2 is 1.68 bits per heavy atom. The topological polar surface area (TPSA) is 46.5 Å². The van der Waals surface area contributed by atoms with Crippen LogP contribution in [0.3, 0.4) is 0 Å². The number of halogens is 8. The van der Waals surface area contributed by atoms with E-state index in [1.807, 2.05) is 0 Å². The first-order valence-electron chi connectivity index (χ1n) is 6.86. The van der Waals surface area contributed by atoms with Gasteiger partial charge in [-0.25, -0.2) is 0 Å². The third-order valence-corrected chi connectivity index (χ3v) is 5.02. The maximum Gasteiger partial charge on any atom is 0.435 e. The summed E-state index contributed by atoms with van der Waals surface area (Å²) >= 11 is 12.2. The van der Waals surface area contributed by atoms with Crippen molar-refractivity contribution in [3.8, 4) is 0 Å². The van der Waals surface area contributed by atoms with Crippen molar-refractivity contribution in [1.82, 2.24) is 20.0 Å². The summed E-state index contributed by atoms with van der Waals surface area (Å²) in [6.45, 7) is 2.60. The third-order valence-electron chi connectivity index (χ3n) is 4.13. The second-order valence-corrected chi connectivity index (χ2v) is 7.38. The zero-order chi connectivity index (χ0) is 19.0. The van der Waals surface area contributed by atoms with E-state index in [2.05, 4.69) is 15.3 Å². The number of rotatable bonds is 2. The largest absolute Gasteiger partial charge is 0.435 e. The average Bonchev–Trinajstić information content (AvgIpc) is 2.79. The van der Waals surface area contributed by atoms with Crippen LogP contribution in [0.1, 0.15) is 34.8 Å². The molecule has 0 saturated heterocycles. The maximum atomic E-state index is 13.3. The highest BCUT2D eigenvalue weighted by Gasteiger charge is 2.73. The Hall–Kier alpha value is -1.42. The predicted octanol–water partition coefficient (Wildman–Crippen LogP) is 4.58. The second kappa shape index (κ2) is 5.06. The molecule has 3 rings (SSSR count). The summed E-state index contributed by atoms with van der Waals surface area (Å²) in [5.41, 5.74) is -4.76. The minimum absolute atomic E-state index is 0.000964. The lowest BCUT2D eigenvalue weighted by atomic mass is 10.0. The first-order chi connectivity index (χ1) is 11.2. The maximum absolute atomic E-state index is 13.3. The van der Waals surface area contributed by atoms with Gasteiger partial charge >= 0.3 is 12.4 Å². The molecule has 1 fully saturated rings. The summed E-state index contributed by atoms with van der Waals surface area (Å²) in [5.74, 6) is 0. The molecule has 1 aliphatic carbocycles. The molecule has 2 heterocycles. The van der Waals surface area contributed by atoms with Gasteiger partial charge in [0.15, 0.2) is 11.4 Å². The molecule has 2 aromatic rings. The van der Waals surface area contributed by atoms with Gasteiger partial charge in [0, 0.05) is 23.4 Å². The molecule has 1 N–H and O–H groups in total. The minimum Gasteiger partial charge on any atom is -0.282 e. The molecule has 1 atom stereocenters. The highest BCUT2D eigenvalue weighted by molar-refractivity contribution is 6.52. The lowest BCUT2D eigenvalue weighted by Gasteiger charge is -2.22. The second-order valence-electron chi connectivity index (χ2n) is 5.89. The molecular formula is C13H10Cl2F6N4. The van der Waals surface area contributed by atoms with Crippen molar-refractivity contribution in [3.05, 3.63) is 34.4 Å². The first-order valence-corrected chi connectivity index (χ1v) is 7.62. The quantitative estimate of drug-likeness (QED) is 0.585. The van der Waals surface area contributed by atoms with E-state index in [1.54, 1.807) is 0 Å². The Morgan fingerprint density at radius 1 is 1.12 bits per heavy atom. The van der Waals surface area contributed by atoms with E-state index in [0.717, 1.165) is 10.7 Å². The van der Waals surface area contributed by atoms with Gasteiger partial charge in [0.2, 0.25) is 0 Å². The van der Waals surface area contributed by atoms with Crippen LogP contribution in [0, 0.1) is 13.8 Å². The van der Waals surface area contributed by atoms with E-state index in [4.69, 9.17) is 23.2 Å². The molecule has 0 radical (unpaired) electrons. The summed E-state index contributed by atoms with van der Waals surface area (Å²) in [6.07, 6.45) is -9.84. The lowest BCUT2D eigenvalue weighted by Crippen LogP contribution is -2.31. The third kappa shape index (κ3) is 2.61. The fourth-order valence-corrected chi connectivity index (χ4v) is 3.76. The molecule has 1 unspecified atom stereocenters. The van der Waals surface area contributed by atoms with Crippen LogP contribution in [0.4, 0.5) is 26.3 Å². The lowest BCUT2D eigenvalue weighted by molar-refractivity contribution is -0.143. The van der Waals surface area contributed by atoms with Crippen LogP contribution in [-0.4, -0.2) is 24.3 Å². The van der Waals surface area contributed by atoms with E-state index in [-0.39, 0.29) is 17.8 Å². The van der Waals surface area contributed by atoms with Crippen LogP contribution in [0.2, 0.25) is 0 Å². The molecule has 2 aromatic heterocycles. The van der Waals surface area contributed by atoms with E-state index in [9.17, 15) is 26.3 Å².